The van der Waals surface area contributed by atoms with Crippen LogP contribution < -0.4 is 21.1 Å². The number of carboxylic acid groups (broad SMARTS) is 1. The molecular formula is C24H30ClFN4O4. The van der Waals surface area contributed by atoms with Crippen LogP contribution in [0, 0.1) is 11.7 Å². The minimum absolute atomic E-state index is 0.127. The number of anilines is 1. The first-order chi connectivity index (χ1) is 16.2. The number of piperidine rings is 1. The SMILES string of the molecule is COc1cc(N)c(Cl)cc1C(=O)NCC1CCN(C(C)C(NC(=O)O)c2ccc(F)cc2)CC1. The van der Waals surface area contributed by atoms with Crippen molar-refractivity contribution in [2.24, 2.45) is 5.92 Å². The summed E-state index contributed by atoms with van der Waals surface area (Å²) in [6.07, 6.45) is 0.554. The Kier molecular flexibility index (Phi) is 8.57. The molecule has 1 fully saturated rings. The van der Waals surface area contributed by atoms with Gasteiger partial charge in [-0.3, -0.25) is 9.69 Å². The average molecular weight is 493 g/mol. The summed E-state index contributed by atoms with van der Waals surface area (Å²) in [4.78, 5) is 26.3. The minimum atomic E-state index is -1.13. The van der Waals surface area contributed by atoms with Gasteiger partial charge in [0.1, 0.15) is 11.6 Å². The molecule has 1 saturated heterocycles. The van der Waals surface area contributed by atoms with Crippen LogP contribution in [-0.2, 0) is 0 Å². The van der Waals surface area contributed by atoms with Crippen molar-refractivity contribution in [2.45, 2.75) is 31.8 Å². The van der Waals surface area contributed by atoms with Gasteiger partial charge in [-0.1, -0.05) is 23.7 Å². The highest BCUT2D eigenvalue weighted by atomic mass is 35.5. The van der Waals surface area contributed by atoms with Crippen molar-refractivity contribution < 1.29 is 23.8 Å². The molecule has 0 saturated carbocycles. The van der Waals surface area contributed by atoms with Gasteiger partial charge in [-0.2, -0.15) is 0 Å². The summed E-state index contributed by atoms with van der Waals surface area (Å²) in [5.41, 5.74) is 7.16. The molecule has 2 aromatic rings. The summed E-state index contributed by atoms with van der Waals surface area (Å²) < 4.78 is 18.6. The number of rotatable bonds is 8. The van der Waals surface area contributed by atoms with E-state index >= 15 is 0 Å². The third-order valence-corrected chi connectivity index (χ3v) is 6.66. The van der Waals surface area contributed by atoms with Gasteiger partial charge in [0, 0.05) is 18.7 Å². The summed E-state index contributed by atoms with van der Waals surface area (Å²) >= 11 is 6.06. The van der Waals surface area contributed by atoms with E-state index in [-0.39, 0.29) is 23.7 Å². The van der Waals surface area contributed by atoms with Crippen molar-refractivity contribution in [1.82, 2.24) is 15.5 Å². The fourth-order valence-electron chi connectivity index (χ4n) is 4.31. The first-order valence-corrected chi connectivity index (χ1v) is 11.5. The lowest BCUT2D eigenvalue weighted by molar-refractivity contribution is 0.0909. The van der Waals surface area contributed by atoms with Crippen molar-refractivity contribution in [3.8, 4) is 5.75 Å². The van der Waals surface area contributed by atoms with Crippen molar-refractivity contribution in [1.29, 1.82) is 0 Å². The van der Waals surface area contributed by atoms with Gasteiger partial charge in [0.15, 0.2) is 0 Å². The van der Waals surface area contributed by atoms with Crippen molar-refractivity contribution in [2.75, 3.05) is 32.5 Å². The van der Waals surface area contributed by atoms with Crippen LogP contribution in [0.5, 0.6) is 5.75 Å². The topological polar surface area (TPSA) is 117 Å². The molecule has 0 aromatic heterocycles. The zero-order chi connectivity index (χ0) is 24.8. The van der Waals surface area contributed by atoms with Crippen LogP contribution in [0.1, 0.15) is 41.7 Å². The van der Waals surface area contributed by atoms with Gasteiger partial charge in [-0.15, -0.1) is 0 Å². The van der Waals surface area contributed by atoms with E-state index in [4.69, 9.17) is 22.1 Å². The Morgan fingerprint density at radius 2 is 1.91 bits per heavy atom. The molecule has 0 spiro atoms. The Hall–Kier alpha value is -3.04. The minimum Gasteiger partial charge on any atom is -0.496 e. The molecule has 5 N–H and O–H groups in total. The molecule has 1 heterocycles. The Morgan fingerprint density at radius 3 is 2.50 bits per heavy atom. The summed E-state index contributed by atoms with van der Waals surface area (Å²) in [7, 11) is 1.47. The predicted molar refractivity (Wildman–Crippen MR) is 129 cm³/mol. The molecule has 1 aliphatic heterocycles. The van der Waals surface area contributed by atoms with E-state index < -0.39 is 12.1 Å². The Labute approximate surface area is 203 Å². The smallest absolute Gasteiger partial charge is 0.405 e. The van der Waals surface area contributed by atoms with Crippen molar-refractivity contribution in [3.05, 3.63) is 58.4 Å². The normalized spacial score (nSPS) is 16.5. The third-order valence-electron chi connectivity index (χ3n) is 6.33. The fraction of sp³-hybridized carbons (Fsp3) is 0.417. The number of ether oxygens (including phenoxy) is 1. The summed E-state index contributed by atoms with van der Waals surface area (Å²) in [5.74, 6) is -0.0102. The van der Waals surface area contributed by atoms with E-state index in [9.17, 15) is 19.1 Å². The van der Waals surface area contributed by atoms with Gasteiger partial charge < -0.3 is 26.2 Å². The van der Waals surface area contributed by atoms with Gasteiger partial charge >= 0.3 is 6.09 Å². The van der Waals surface area contributed by atoms with E-state index in [1.165, 1.54) is 31.4 Å². The quantitative estimate of drug-likeness (QED) is 0.415. The first kappa shape index (κ1) is 25.6. The van der Waals surface area contributed by atoms with Crippen molar-refractivity contribution >= 4 is 29.3 Å². The summed E-state index contributed by atoms with van der Waals surface area (Å²) in [5, 5.41) is 15.1. The highest BCUT2D eigenvalue weighted by molar-refractivity contribution is 6.33. The number of likely N-dealkylation sites (tertiary alicyclic amines) is 1. The van der Waals surface area contributed by atoms with Crippen molar-refractivity contribution in [3.63, 3.8) is 0 Å². The van der Waals surface area contributed by atoms with Crippen LogP contribution in [-0.4, -0.2) is 54.8 Å². The van der Waals surface area contributed by atoms with Crippen LogP contribution in [0.2, 0.25) is 5.02 Å². The van der Waals surface area contributed by atoms with Crippen LogP contribution in [0.25, 0.3) is 0 Å². The molecule has 0 aliphatic carbocycles. The number of benzene rings is 2. The molecular weight excluding hydrogens is 463 g/mol. The molecule has 3 rings (SSSR count). The van der Waals surface area contributed by atoms with Crippen LogP contribution in [0.3, 0.4) is 0 Å². The number of nitrogens with two attached hydrogens (primary N) is 1. The van der Waals surface area contributed by atoms with Crippen LogP contribution in [0.4, 0.5) is 14.9 Å². The number of carbonyl (C=O) groups is 2. The number of amides is 2. The number of methoxy groups -OCH3 is 1. The third kappa shape index (κ3) is 6.30. The van der Waals surface area contributed by atoms with Gasteiger partial charge in [-0.05, 0) is 62.5 Å². The number of nitrogens with one attached hydrogen (secondary N) is 2. The Morgan fingerprint density at radius 1 is 1.26 bits per heavy atom. The lowest BCUT2D eigenvalue weighted by atomic mass is 9.92. The van der Waals surface area contributed by atoms with Gasteiger partial charge in [-0.25, -0.2) is 9.18 Å². The van der Waals surface area contributed by atoms with E-state index in [2.05, 4.69) is 15.5 Å². The van der Waals surface area contributed by atoms with Gasteiger partial charge in [0.05, 0.1) is 29.4 Å². The highest BCUT2D eigenvalue weighted by Gasteiger charge is 2.30. The second-order valence-corrected chi connectivity index (χ2v) is 8.89. The average Bonchev–Trinajstić information content (AvgIpc) is 2.82. The maximum absolute atomic E-state index is 13.3. The second kappa shape index (κ2) is 11.4. The summed E-state index contributed by atoms with van der Waals surface area (Å²) in [6, 6.07) is 8.28. The maximum Gasteiger partial charge on any atom is 0.405 e. The number of hydrogen-bond donors (Lipinski definition) is 4. The number of nitrogens with zero attached hydrogens (tertiary/aromatic N) is 1. The molecule has 184 valence electrons. The zero-order valence-corrected chi connectivity index (χ0v) is 19.9. The summed E-state index contributed by atoms with van der Waals surface area (Å²) in [6.45, 7) is 3.96. The number of hydrogen-bond acceptors (Lipinski definition) is 5. The van der Waals surface area contributed by atoms with E-state index in [1.54, 1.807) is 12.1 Å². The number of carbonyl (C=O) groups excluding carboxylic acids is 1. The standard InChI is InChI=1S/C24H30ClFN4O4/c1-14(22(29-24(32)33)16-3-5-17(26)6-4-16)30-9-7-15(8-10-30)13-28-23(31)18-11-19(25)20(27)12-21(18)34-2/h3-6,11-12,14-15,22,29H,7-10,13,27H2,1-2H3,(H,28,31)(H,32,33). The molecule has 34 heavy (non-hydrogen) atoms. The van der Waals surface area contributed by atoms with E-state index in [0.29, 0.717) is 34.1 Å². The molecule has 1 aliphatic rings. The molecule has 2 unspecified atom stereocenters. The van der Waals surface area contributed by atoms with E-state index in [0.717, 1.165) is 25.9 Å². The predicted octanol–water partition coefficient (Wildman–Crippen LogP) is 3.91. The molecule has 0 bridgehead atoms. The second-order valence-electron chi connectivity index (χ2n) is 8.48. The van der Waals surface area contributed by atoms with Crippen LogP contribution >= 0.6 is 11.6 Å². The Bertz CT molecular complexity index is 1010. The largest absolute Gasteiger partial charge is 0.496 e. The zero-order valence-electron chi connectivity index (χ0n) is 19.2. The first-order valence-electron chi connectivity index (χ1n) is 11.1. The highest BCUT2D eigenvalue weighted by Crippen LogP contribution is 2.29. The molecule has 8 nitrogen and oxygen atoms in total. The molecule has 0 radical (unpaired) electrons. The maximum atomic E-state index is 13.3. The Balaban J connectivity index is 1.57. The monoisotopic (exact) mass is 492 g/mol. The van der Waals surface area contributed by atoms with E-state index in [1.807, 2.05) is 6.92 Å². The molecule has 10 heteroatoms. The van der Waals surface area contributed by atoms with Gasteiger partial charge in [0.25, 0.3) is 5.91 Å². The molecule has 2 atom stereocenters. The fourth-order valence-corrected chi connectivity index (χ4v) is 4.47. The van der Waals surface area contributed by atoms with Gasteiger partial charge in [0.2, 0.25) is 0 Å². The lowest BCUT2D eigenvalue weighted by Crippen LogP contribution is -2.48. The lowest BCUT2D eigenvalue weighted by Gasteiger charge is -2.39. The molecule has 2 aromatic carbocycles. The molecule has 2 amide bonds. The van der Waals surface area contributed by atoms with Crippen LogP contribution in [0.15, 0.2) is 36.4 Å². The number of nitrogen functional groups attached to an aromatic ring is 1. The number of halogens is 2.